The smallest absolute Gasteiger partial charge is 0.289 e. The van der Waals surface area contributed by atoms with Gasteiger partial charge in [0.1, 0.15) is 23.1 Å². The number of nitriles is 1. The van der Waals surface area contributed by atoms with Crippen LogP contribution in [0.1, 0.15) is 49.1 Å². The van der Waals surface area contributed by atoms with Gasteiger partial charge in [-0.2, -0.15) is 10.4 Å². The monoisotopic (exact) mass is 367 g/mol. The fourth-order valence-electron chi connectivity index (χ4n) is 2.55. The van der Waals surface area contributed by atoms with Crippen molar-refractivity contribution in [2.45, 2.75) is 40.5 Å². The van der Waals surface area contributed by atoms with Crippen LogP contribution in [0.4, 0.5) is 0 Å². The van der Waals surface area contributed by atoms with E-state index in [1.165, 1.54) is 4.68 Å². The molecule has 6 heteroatoms. The molecular weight excluding hydrogens is 342 g/mol. The largest absolute Gasteiger partial charge is 0.493 e. The summed E-state index contributed by atoms with van der Waals surface area (Å²) in [7, 11) is 0. The minimum atomic E-state index is -0.426. The van der Waals surface area contributed by atoms with E-state index in [-0.39, 0.29) is 5.56 Å². The van der Waals surface area contributed by atoms with Crippen LogP contribution < -0.4 is 15.0 Å². The van der Waals surface area contributed by atoms with Crippen LogP contribution in [0, 0.1) is 25.2 Å². The van der Waals surface area contributed by atoms with Gasteiger partial charge in [-0.15, -0.1) is 0 Å². The Bertz CT molecular complexity index is 923. The van der Waals surface area contributed by atoms with Crippen LogP contribution in [0.25, 0.3) is 0 Å². The molecule has 0 spiro atoms. The maximum absolute atomic E-state index is 12.5. The molecule has 0 bridgehead atoms. The Morgan fingerprint density at radius 2 is 1.85 bits per heavy atom. The summed E-state index contributed by atoms with van der Waals surface area (Å²) in [6, 6.07) is 9.24. The normalized spacial score (nSPS) is 10.8. The van der Waals surface area contributed by atoms with Gasteiger partial charge in [-0.05, 0) is 50.5 Å². The molecule has 0 radical (unpaired) electrons. The summed E-state index contributed by atoms with van der Waals surface area (Å²) < 4.78 is 12.7. The predicted molar refractivity (Wildman–Crippen MR) is 106 cm³/mol. The van der Waals surface area contributed by atoms with E-state index in [4.69, 9.17) is 9.47 Å². The van der Waals surface area contributed by atoms with E-state index in [1.807, 2.05) is 38.1 Å². The number of aromatic nitrogens is 1. The van der Waals surface area contributed by atoms with Crippen LogP contribution in [-0.2, 0) is 0 Å². The zero-order valence-electron chi connectivity index (χ0n) is 16.3. The summed E-state index contributed by atoms with van der Waals surface area (Å²) >= 11 is 0. The first-order valence-electron chi connectivity index (χ1n) is 9.09. The molecule has 0 aliphatic rings. The number of benzene rings is 1. The molecule has 0 fully saturated rings. The van der Waals surface area contributed by atoms with Crippen molar-refractivity contribution in [3.8, 4) is 17.6 Å². The Morgan fingerprint density at radius 3 is 2.52 bits per heavy atom. The molecule has 0 N–H and O–H groups in total. The number of pyridine rings is 1. The van der Waals surface area contributed by atoms with Crippen LogP contribution >= 0.6 is 0 Å². The second-order valence-corrected chi connectivity index (χ2v) is 6.21. The Labute approximate surface area is 159 Å². The first-order valence-corrected chi connectivity index (χ1v) is 9.09. The molecule has 0 amide bonds. The highest BCUT2D eigenvalue weighted by Gasteiger charge is 2.10. The average molecular weight is 367 g/mol. The lowest BCUT2D eigenvalue weighted by molar-refractivity contribution is 0.301. The van der Waals surface area contributed by atoms with E-state index in [0.29, 0.717) is 30.2 Å². The summed E-state index contributed by atoms with van der Waals surface area (Å²) in [5, 5.41) is 13.5. The first kappa shape index (κ1) is 20.2. The third kappa shape index (κ3) is 4.98. The number of rotatable bonds is 8. The molecule has 6 nitrogen and oxygen atoms in total. The van der Waals surface area contributed by atoms with E-state index in [1.54, 1.807) is 26.1 Å². The van der Waals surface area contributed by atoms with Crippen molar-refractivity contribution in [2.24, 2.45) is 5.10 Å². The second-order valence-electron chi connectivity index (χ2n) is 6.21. The molecule has 2 rings (SSSR count). The first-order chi connectivity index (χ1) is 13.0. The molecule has 0 saturated carbocycles. The van der Waals surface area contributed by atoms with Gasteiger partial charge in [0.15, 0.2) is 0 Å². The molecule has 0 aliphatic heterocycles. The topological polar surface area (TPSA) is 76.6 Å². The van der Waals surface area contributed by atoms with Gasteiger partial charge in [0.25, 0.3) is 5.56 Å². The van der Waals surface area contributed by atoms with E-state index >= 15 is 0 Å². The van der Waals surface area contributed by atoms with E-state index in [9.17, 15) is 10.1 Å². The molecule has 0 saturated heterocycles. The maximum Gasteiger partial charge on any atom is 0.289 e. The molecule has 0 unspecified atom stereocenters. The van der Waals surface area contributed by atoms with Gasteiger partial charge in [-0.3, -0.25) is 4.79 Å². The van der Waals surface area contributed by atoms with Crippen molar-refractivity contribution in [2.75, 3.05) is 13.2 Å². The zero-order valence-corrected chi connectivity index (χ0v) is 16.3. The molecule has 0 atom stereocenters. The Kier molecular flexibility index (Phi) is 7.18. The second kappa shape index (κ2) is 9.58. The molecule has 27 heavy (non-hydrogen) atoms. The highest BCUT2D eigenvalue weighted by molar-refractivity contribution is 5.83. The van der Waals surface area contributed by atoms with Crippen LogP contribution in [0.15, 0.2) is 34.2 Å². The quantitative estimate of drug-likeness (QED) is 0.665. The van der Waals surface area contributed by atoms with E-state index in [0.717, 1.165) is 24.2 Å². The van der Waals surface area contributed by atoms with Crippen molar-refractivity contribution in [3.05, 3.63) is 57.0 Å². The summed E-state index contributed by atoms with van der Waals surface area (Å²) in [5.74, 6) is 1.38. The van der Waals surface area contributed by atoms with Crippen molar-refractivity contribution in [1.82, 2.24) is 4.68 Å². The zero-order chi connectivity index (χ0) is 19.8. The van der Waals surface area contributed by atoms with Gasteiger partial charge in [0.2, 0.25) is 0 Å². The molecule has 142 valence electrons. The summed E-state index contributed by atoms with van der Waals surface area (Å²) in [6.07, 6.45) is 3.36. The fraction of sp³-hybridized carbons (Fsp3) is 0.381. The van der Waals surface area contributed by atoms with Crippen molar-refractivity contribution in [1.29, 1.82) is 5.26 Å². The summed E-state index contributed by atoms with van der Waals surface area (Å²) in [4.78, 5) is 12.5. The minimum Gasteiger partial charge on any atom is -0.493 e. The summed E-state index contributed by atoms with van der Waals surface area (Å²) in [5.41, 5.74) is 1.72. The number of hydrogen-bond acceptors (Lipinski definition) is 5. The highest BCUT2D eigenvalue weighted by Crippen LogP contribution is 2.24. The van der Waals surface area contributed by atoms with Crippen LogP contribution in [0.3, 0.4) is 0 Å². The lowest BCUT2D eigenvalue weighted by Crippen LogP contribution is -2.22. The maximum atomic E-state index is 12.5. The van der Waals surface area contributed by atoms with Crippen LogP contribution in [0.5, 0.6) is 11.5 Å². The third-order valence-electron chi connectivity index (χ3n) is 3.90. The lowest BCUT2D eigenvalue weighted by Gasteiger charge is -2.12. The third-order valence-corrected chi connectivity index (χ3v) is 3.90. The lowest BCUT2D eigenvalue weighted by atomic mass is 10.1. The van der Waals surface area contributed by atoms with Gasteiger partial charge in [0, 0.05) is 17.3 Å². The van der Waals surface area contributed by atoms with E-state index < -0.39 is 5.56 Å². The minimum absolute atomic E-state index is 0.100. The molecule has 1 heterocycles. The molecule has 0 aliphatic carbocycles. The molecular formula is C21H25N3O3. The summed E-state index contributed by atoms with van der Waals surface area (Å²) in [6.45, 7) is 8.81. The van der Waals surface area contributed by atoms with Crippen molar-refractivity contribution >= 4 is 6.21 Å². The Morgan fingerprint density at radius 1 is 1.15 bits per heavy atom. The number of aryl methyl sites for hydroxylation is 2. The Balaban J connectivity index is 2.41. The van der Waals surface area contributed by atoms with E-state index in [2.05, 4.69) is 5.10 Å². The highest BCUT2D eigenvalue weighted by atomic mass is 16.5. The van der Waals surface area contributed by atoms with Gasteiger partial charge >= 0.3 is 0 Å². The van der Waals surface area contributed by atoms with Crippen LogP contribution in [-0.4, -0.2) is 24.1 Å². The van der Waals surface area contributed by atoms with Gasteiger partial charge in [-0.1, -0.05) is 13.8 Å². The number of ether oxygens (including phenoxy) is 2. The van der Waals surface area contributed by atoms with Crippen molar-refractivity contribution in [3.63, 3.8) is 0 Å². The van der Waals surface area contributed by atoms with Gasteiger partial charge in [-0.25, -0.2) is 4.68 Å². The van der Waals surface area contributed by atoms with Gasteiger partial charge < -0.3 is 9.47 Å². The molecule has 2 aromatic rings. The van der Waals surface area contributed by atoms with Gasteiger partial charge in [0.05, 0.1) is 19.4 Å². The molecule has 1 aromatic heterocycles. The predicted octanol–water partition coefficient (Wildman–Crippen LogP) is 3.80. The average Bonchev–Trinajstić information content (AvgIpc) is 2.65. The Hall–Kier alpha value is -3.07. The van der Waals surface area contributed by atoms with Crippen molar-refractivity contribution < 1.29 is 9.47 Å². The standard InChI is InChI=1S/C21H25N3O3/c1-5-9-26-18-8-7-17(20(12-18)27-10-6-2)14-23-24-16(4)11-15(3)19(13-22)21(24)25/h7-8,11-12,14H,5-6,9-10H2,1-4H3/b23-14-. The molecule has 1 aromatic carbocycles. The van der Waals surface area contributed by atoms with Crippen LogP contribution in [0.2, 0.25) is 0 Å². The number of hydrogen-bond donors (Lipinski definition) is 0. The SMILES string of the molecule is CCCOc1ccc(/C=N\n2c(C)cc(C)c(C#N)c2=O)c(OCCC)c1. The fourth-order valence-corrected chi connectivity index (χ4v) is 2.55. The number of nitrogens with zero attached hydrogens (tertiary/aromatic N) is 3.